The monoisotopic (exact) mass is 355 g/mol. The van der Waals surface area contributed by atoms with E-state index in [2.05, 4.69) is 29.8 Å². The Kier molecular flexibility index (Phi) is 4.43. The van der Waals surface area contributed by atoms with E-state index in [0.717, 1.165) is 34.5 Å². The zero-order chi connectivity index (χ0) is 18.8. The lowest BCUT2D eigenvalue weighted by Gasteiger charge is -2.12. The summed E-state index contributed by atoms with van der Waals surface area (Å²) < 4.78 is 2.20. The number of benzene rings is 3. The van der Waals surface area contributed by atoms with Crippen molar-refractivity contribution in [2.75, 3.05) is 0 Å². The third-order valence-corrected chi connectivity index (χ3v) is 4.82. The summed E-state index contributed by atoms with van der Waals surface area (Å²) in [6, 6.07) is 24.9. The number of rotatable bonds is 4. The molecule has 0 fully saturated rings. The standard InChI is InChI=1S/C24H21NO2/c1-2-22-23(17-8-12-20(26)13-9-17)16-25(19-6-4-3-5-7-19)24(22)18-10-14-21(27)15-11-18/h3-16,26-27H,2H2,1H3. The lowest BCUT2D eigenvalue weighted by Crippen LogP contribution is -1.96. The highest BCUT2D eigenvalue weighted by atomic mass is 16.3. The predicted octanol–water partition coefficient (Wildman–Crippen LogP) is 5.78. The summed E-state index contributed by atoms with van der Waals surface area (Å²) in [5, 5.41) is 19.3. The van der Waals surface area contributed by atoms with Gasteiger partial charge in [0.05, 0.1) is 5.69 Å². The van der Waals surface area contributed by atoms with Crippen LogP contribution in [0.3, 0.4) is 0 Å². The van der Waals surface area contributed by atoms with Gasteiger partial charge in [0, 0.05) is 17.4 Å². The van der Waals surface area contributed by atoms with Crippen molar-refractivity contribution >= 4 is 0 Å². The zero-order valence-electron chi connectivity index (χ0n) is 15.1. The molecule has 0 spiro atoms. The van der Waals surface area contributed by atoms with Crippen molar-refractivity contribution in [2.24, 2.45) is 0 Å². The normalized spacial score (nSPS) is 10.9. The van der Waals surface area contributed by atoms with Crippen molar-refractivity contribution in [3.05, 3.63) is 90.6 Å². The van der Waals surface area contributed by atoms with E-state index in [1.807, 2.05) is 42.5 Å². The second-order valence-corrected chi connectivity index (χ2v) is 6.52. The van der Waals surface area contributed by atoms with Gasteiger partial charge in [0.1, 0.15) is 11.5 Å². The first kappa shape index (κ1) is 17.0. The SMILES string of the molecule is CCc1c(-c2ccc(O)cc2)cn(-c2ccccc2)c1-c1ccc(O)cc1. The second kappa shape index (κ2) is 7.04. The molecule has 0 saturated carbocycles. The average molecular weight is 355 g/mol. The highest BCUT2D eigenvalue weighted by molar-refractivity contribution is 5.80. The number of hydrogen-bond acceptors (Lipinski definition) is 2. The number of para-hydroxylation sites is 1. The lowest BCUT2D eigenvalue weighted by molar-refractivity contribution is 0.475. The Bertz CT molecular complexity index is 1050. The fourth-order valence-electron chi connectivity index (χ4n) is 3.52. The van der Waals surface area contributed by atoms with Gasteiger partial charge in [-0.1, -0.05) is 37.3 Å². The summed E-state index contributed by atoms with van der Waals surface area (Å²) in [7, 11) is 0. The predicted molar refractivity (Wildman–Crippen MR) is 109 cm³/mol. The van der Waals surface area contributed by atoms with Gasteiger partial charge in [0.2, 0.25) is 0 Å². The zero-order valence-corrected chi connectivity index (χ0v) is 15.1. The topological polar surface area (TPSA) is 45.4 Å². The van der Waals surface area contributed by atoms with E-state index in [1.165, 1.54) is 5.56 Å². The fourth-order valence-corrected chi connectivity index (χ4v) is 3.52. The molecule has 0 radical (unpaired) electrons. The summed E-state index contributed by atoms with van der Waals surface area (Å²) in [4.78, 5) is 0. The molecule has 0 aliphatic rings. The quantitative estimate of drug-likeness (QED) is 0.487. The van der Waals surface area contributed by atoms with Crippen LogP contribution in [0.2, 0.25) is 0 Å². The number of hydrogen-bond donors (Lipinski definition) is 2. The van der Waals surface area contributed by atoms with Gasteiger partial charge >= 0.3 is 0 Å². The summed E-state index contributed by atoms with van der Waals surface area (Å²) in [6.45, 7) is 2.15. The van der Waals surface area contributed by atoms with Crippen molar-refractivity contribution in [1.82, 2.24) is 4.57 Å². The molecule has 4 rings (SSSR count). The molecule has 0 unspecified atom stereocenters. The molecule has 1 heterocycles. The maximum atomic E-state index is 9.70. The summed E-state index contributed by atoms with van der Waals surface area (Å²) in [5.74, 6) is 0.520. The van der Waals surface area contributed by atoms with Gasteiger partial charge in [0.15, 0.2) is 0 Å². The van der Waals surface area contributed by atoms with Crippen LogP contribution in [0.5, 0.6) is 11.5 Å². The van der Waals surface area contributed by atoms with Gasteiger partial charge in [-0.05, 0) is 71.6 Å². The van der Waals surface area contributed by atoms with Crippen LogP contribution in [0.1, 0.15) is 12.5 Å². The van der Waals surface area contributed by atoms with E-state index in [-0.39, 0.29) is 11.5 Å². The Labute approximate surface area is 158 Å². The Morgan fingerprint density at radius 2 is 1.26 bits per heavy atom. The van der Waals surface area contributed by atoms with Gasteiger partial charge in [0.25, 0.3) is 0 Å². The highest BCUT2D eigenvalue weighted by Gasteiger charge is 2.18. The van der Waals surface area contributed by atoms with Gasteiger partial charge < -0.3 is 14.8 Å². The molecule has 134 valence electrons. The molecule has 0 saturated heterocycles. The molecule has 1 aromatic heterocycles. The van der Waals surface area contributed by atoms with Crippen molar-refractivity contribution in [3.63, 3.8) is 0 Å². The smallest absolute Gasteiger partial charge is 0.115 e. The molecule has 0 aliphatic carbocycles. The van der Waals surface area contributed by atoms with Crippen LogP contribution in [0, 0.1) is 0 Å². The average Bonchev–Trinajstić information content (AvgIpc) is 3.09. The molecule has 27 heavy (non-hydrogen) atoms. The first-order chi connectivity index (χ1) is 13.2. The van der Waals surface area contributed by atoms with Crippen LogP contribution in [0.4, 0.5) is 0 Å². The first-order valence-corrected chi connectivity index (χ1v) is 9.06. The first-order valence-electron chi connectivity index (χ1n) is 9.06. The summed E-state index contributed by atoms with van der Waals surface area (Å²) in [6.07, 6.45) is 3.02. The number of phenols is 2. The Morgan fingerprint density at radius 3 is 1.81 bits per heavy atom. The Morgan fingerprint density at radius 1 is 0.704 bits per heavy atom. The second-order valence-electron chi connectivity index (χ2n) is 6.52. The van der Waals surface area contributed by atoms with E-state index in [4.69, 9.17) is 0 Å². The minimum absolute atomic E-state index is 0.258. The molecule has 0 aliphatic heterocycles. The van der Waals surface area contributed by atoms with Gasteiger partial charge in [-0.15, -0.1) is 0 Å². The molecule has 3 nitrogen and oxygen atoms in total. The molecule has 0 bridgehead atoms. The maximum absolute atomic E-state index is 9.70. The van der Waals surface area contributed by atoms with Crippen molar-refractivity contribution < 1.29 is 10.2 Å². The third-order valence-electron chi connectivity index (χ3n) is 4.82. The van der Waals surface area contributed by atoms with E-state index < -0.39 is 0 Å². The van der Waals surface area contributed by atoms with Gasteiger partial charge in [-0.3, -0.25) is 0 Å². The Hall–Kier alpha value is -3.46. The van der Waals surface area contributed by atoms with Crippen LogP contribution in [-0.2, 0) is 6.42 Å². The van der Waals surface area contributed by atoms with Gasteiger partial charge in [-0.2, -0.15) is 0 Å². The summed E-state index contributed by atoms with van der Waals surface area (Å²) in [5.41, 5.74) is 6.70. The van der Waals surface area contributed by atoms with Crippen LogP contribution in [0.25, 0.3) is 28.1 Å². The molecule has 3 heteroatoms. The third kappa shape index (κ3) is 3.20. The summed E-state index contributed by atoms with van der Waals surface area (Å²) >= 11 is 0. The minimum Gasteiger partial charge on any atom is -0.508 e. The number of aromatic hydroxyl groups is 2. The van der Waals surface area contributed by atoms with Crippen LogP contribution in [-0.4, -0.2) is 14.8 Å². The van der Waals surface area contributed by atoms with Crippen LogP contribution < -0.4 is 0 Å². The maximum Gasteiger partial charge on any atom is 0.115 e. The molecular weight excluding hydrogens is 334 g/mol. The highest BCUT2D eigenvalue weighted by Crippen LogP contribution is 2.37. The number of aromatic nitrogens is 1. The molecule has 4 aromatic rings. The van der Waals surface area contributed by atoms with Crippen molar-refractivity contribution in [1.29, 1.82) is 0 Å². The molecule has 0 atom stereocenters. The lowest BCUT2D eigenvalue weighted by atomic mass is 9.98. The molecule has 2 N–H and O–H groups in total. The van der Waals surface area contributed by atoms with Gasteiger partial charge in [-0.25, -0.2) is 0 Å². The number of phenolic OH excluding ortho intramolecular Hbond substituents is 2. The minimum atomic E-state index is 0.258. The fraction of sp³-hybridized carbons (Fsp3) is 0.0833. The van der Waals surface area contributed by atoms with E-state index in [9.17, 15) is 10.2 Å². The molecule has 3 aromatic carbocycles. The Balaban J connectivity index is 1.99. The van der Waals surface area contributed by atoms with Crippen LogP contribution in [0.15, 0.2) is 85.1 Å². The molecular formula is C24H21NO2. The van der Waals surface area contributed by atoms with E-state index >= 15 is 0 Å². The van der Waals surface area contributed by atoms with E-state index in [1.54, 1.807) is 24.3 Å². The van der Waals surface area contributed by atoms with Crippen molar-refractivity contribution in [2.45, 2.75) is 13.3 Å². The van der Waals surface area contributed by atoms with Crippen molar-refractivity contribution in [3.8, 4) is 39.6 Å². The van der Waals surface area contributed by atoms with Crippen LogP contribution >= 0.6 is 0 Å². The largest absolute Gasteiger partial charge is 0.508 e. The van der Waals surface area contributed by atoms with E-state index in [0.29, 0.717) is 0 Å². The molecule has 0 amide bonds. The number of nitrogens with zero attached hydrogens (tertiary/aromatic N) is 1.